The lowest BCUT2D eigenvalue weighted by molar-refractivity contribution is 0.896. The highest BCUT2D eigenvalue weighted by Crippen LogP contribution is 2.39. The van der Waals surface area contributed by atoms with Crippen molar-refractivity contribution in [3.05, 3.63) is 51.9 Å². The SMILES string of the molecule is O=c1[nH]c2c(cnc3cc(C4CC4)nn32)cc1-c1cccs1. The molecule has 1 saturated carbocycles. The van der Waals surface area contributed by atoms with Gasteiger partial charge in [-0.3, -0.25) is 4.79 Å². The molecule has 1 aliphatic rings. The van der Waals surface area contributed by atoms with E-state index in [2.05, 4.69) is 15.1 Å². The Morgan fingerprint density at radius 1 is 1.32 bits per heavy atom. The monoisotopic (exact) mass is 308 g/mol. The first-order chi connectivity index (χ1) is 10.8. The van der Waals surface area contributed by atoms with Crippen molar-refractivity contribution in [2.45, 2.75) is 18.8 Å². The summed E-state index contributed by atoms with van der Waals surface area (Å²) in [5.74, 6) is 0.564. The molecule has 0 aromatic carbocycles. The van der Waals surface area contributed by atoms with Crippen LogP contribution < -0.4 is 5.56 Å². The normalized spacial score (nSPS) is 14.9. The van der Waals surface area contributed by atoms with E-state index in [0.29, 0.717) is 17.1 Å². The smallest absolute Gasteiger partial charge is 0.258 e. The van der Waals surface area contributed by atoms with Crippen LogP contribution in [0.2, 0.25) is 0 Å². The molecule has 0 aliphatic heterocycles. The van der Waals surface area contributed by atoms with Crippen molar-refractivity contribution in [2.75, 3.05) is 0 Å². The molecule has 5 rings (SSSR count). The van der Waals surface area contributed by atoms with Crippen molar-refractivity contribution < 1.29 is 0 Å². The second-order valence-corrected chi connectivity index (χ2v) is 6.61. The van der Waals surface area contributed by atoms with E-state index in [-0.39, 0.29) is 5.56 Å². The maximum Gasteiger partial charge on any atom is 0.258 e. The van der Waals surface area contributed by atoms with Crippen LogP contribution in [0.1, 0.15) is 24.5 Å². The first-order valence-corrected chi connectivity index (χ1v) is 8.13. The molecule has 5 nitrogen and oxygen atoms in total. The van der Waals surface area contributed by atoms with Gasteiger partial charge in [-0.2, -0.15) is 9.61 Å². The van der Waals surface area contributed by atoms with E-state index in [1.807, 2.05) is 29.6 Å². The Bertz CT molecular complexity index is 1060. The predicted octanol–water partition coefficient (Wildman–Crippen LogP) is 3.18. The first kappa shape index (κ1) is 12.1. The number of fused-ring (bicyclic) bond motifs is 3. The lowest BCUT2D eigenvalue weighted by Crippen LogP contribution is -2.10. The highest BCUT2D eigenvalue weighted by Gasteiger charge is 2.26. The minimum Gasteiger partial charge on any atom is -0.306 e. The summed E-state index contributed by atoms with van der Waals surface area (Å²) in [7, 11) is 0. The lowest BCUT2D eigenvalue weighted by atomic mass is 10.2. The van der Waals surface area contributed by atoms with E-state index in [1.165, 1.54) is 12.8 Å². The van der Waals surface area contributed by atoms with Gasteiger partial charge in [-0.15, -0.1) is 11.3 Å². The third-order valence-electron chi connectivity index (χ3n) is 4.09. The Balaban J connectivity index is 1.80. The molecule has 4 aromatic heterocycles. The molecule has 4 aromatic rings. The number of rotatable bonds is 2. The van der Waals surface area contributed by atoms with E-state index in [9.17, 15) is 4.79 Å². The molecule has 0 saturated heterocycles. The average molecular weight is 308 g/mol. The van der Waals surface area contributed by atoms with Crippen LogP contribution in [0.5, 0.6) is 0 Å². The molecule has 0 radical (unpaired) electrons. The molecule has 4 heterocycles. The highest BCUT2D eigenvalue weighted by atomic mass is 32.1. The van der Waals surface area contributed by atoms with Crippen LogP contribution in [0, 0.1) is 0 Å². The topological polar surface area (TPSA) is 63.0 Å². The predicted molar refractivity (Wildman–Crippen MR) is 86.4 cm³/mol. The van der Waals surface area contributed by atoms with Crippen molar-refractivity contribution in [2.24, 2.45) is 0 Å². The van der Waals surface area contributed by atoms with E-state index in [0.717, 1.165) is 21.6 Å². The van der Waals surface area contributed by atoms with Gasteiger partial charge in [0.05, 0.1) is 11.3 Å². The number of hydrogen-bond donors (Lipinski definition) is 1. The molecule has 0 unspecified atom stereocenters. The largest absolute Gasteiger partial charge is 0.306 e. The number of pyridine rings is 1. The van der Waals surface area contributed by atoms with Gasteiger partial charge in [-0.25, -0.2) is 4.98 Å². The van der Waals surface area contributed by atoms with Crippen LogP contribution in [-0.4, -0.2) is 19.6 Å². The number of aromatic amines is 1. The molecule has 108 valence electrons. The van der Waals surface area contributed by atoms with Gasteiger partial charge in [0, 0.05) is 28.4 Å². The zero-order valence-corrected chi connectivity index (χ0v) is 12.4. The van der Waals surface area contributed by atoms with Crippen LogP contribution in [-0.2, 0) is 0 Å². The van der Waals surface area contributed by atoms with Crippen molar-refractivity contribution in [1.82, 2.24) is 19.6 Å². The Morgan fingerprint density at radius 3 is 3.00 bits per heavy atom. The van der Waals surface area contributed by atoms with Gasteiger partial charge in [0.1, 0.15) is 5.65 Å². The molecule has 1 fully saturated rings. The first-order valence-electron chi connectivity index (χ1n) is 7.25. The number of hydrogen-bond acceptors (Lipinski definition) is 4. The van der Waals surface area contributed by atoms with Gasteiger partial charge in [0.2, 0.25) is 0 Å². The van der Waals surface area contributed by atoms with Gasteiger partial charge in [0.25, 0.3) is 5.56 Å². The third kappa shape index (κ3) is 1.74. The minimum absolute atomic E-state index is 0.0917. The average Bonchev–Trinajstić information content (AvgIpc) is 3.07. The molecule has 0 spiro atoms. The van der Waals surface area contributed by atoms with Gasteiger partial charge in [0.15, 0.2) is 5.65 Å². The Morgan fingerprint density at radius 2 is 2.23 bits per heavy atom. The van der Waals surface area contributed by atoms with Crippen LogP contribution >= 0.6 is 11.3 Å². The van der Waals surface area contributed by atoms with Gasteiger partial charge < -0.3 is 4.98 Å². The quantitative estimate of drug-likeness (QED) is 0.618. The van der Waals surface area contributed by atoms with E-state index >= 15 is 0 Å². The van der Waals surface area contributed by atoms with E-state index in [4.69, 9.17) is 0 Å². The molecular formula is C16H12N4OS. The molecule has 1 N–H and O–H groups in total. The van der Waals surface area contributed by atoms with Crippen LogP contribution in [0.15, 0.2) is 40.6 Å². The molecule has 1 aliphatic carbocycles. The Labute approximate surface area is 129 Å². The summed E-state index contributed by atoms with van der Waals surface area (Å²) < 4.78 is 1.75. The summed E-state index contributed by atoms with van der Waals surface area (Å²) in [6, 6.07) is 7.81. The van der Waals surface area contributed by atoms with Gasteiger partial charge in [-0.05, 0) is 30.4 Å². The maximum absolute atomic E-state index is 12.4. The summed E-state index contributed by atoms with van der Waals surface area (Å²) in [6.45, 7) is 0. The number of nitrogens with one attached hydrogen (secondary N) is 1. The van der Waals surface area contributed by atoms with Crippen molar-refractivity contribution in [3.63, 3.8) is 0 Å². The standard InChI is InChI=1S/C16H12N4OS/c21-16-11(13-2-1-5-22-13)6-10-8-17-14-7-12(9-3-4-9)19-20(14)15(10)18-16/h1-2,5-9H,3-4H2,(H,18,21). The zero-order valence-electron chi connectivity index (χ0n) is 11.6. The Kier molecular flexibility index (Phi) is 2.35. The summed E-state index contributed by atoms with van der Waals surface area (Å²) in [5, 5.41) is 7.48. The van der Waals surface area contributed by atoms with Gasteiger partial charge >= 0.3 is 0 Å². The maximum atomic E-state index is 12.4. The zero-order chi connectivity index (χ0) is 14.7. The summed E-state index contributed by atoms with van der Waals surface area (Å²) in [6.07, 6.45) is 4.19. The second kappa shape index (κ2) is 4.27. The van der Waals surface area contributed by atoms with Gasteiger partial charge in [-0.1, -0.05) is 6.07 Å². The summed E-state index contributed by atoms with van der Waals surface area (Å²) in [4.78, 5) is 20.8. The third-order valence-corrected chi connectivity index (χ3v) is 4.99. The van der Waals surface area contributed by atoms with Crippen LogP contribution in [0.4, 0.5) is 0 Å². The number of thiophene rings is 1. The molecular weight excluding hydrogens is 296 g/mol. The molecule has 0 amide bonds. The second-order valence-electron chi connectivity index (χ2n) is 5.67. The lowest BCUT2D eigenvalue weighted by Gasteiger charge is -2.03. The molecule has 0 bridgehead atoms. The summed E-state index contributed by atoms with van der Waals surface area (Å²) >= 11 is 1.56. The summed E-state index contributed by atoms with van der Waals surface area (Å²) in [5.41, 5.74) is 3.16. The van der Waals surface area contributed by atoms with Crippen molar-refractivity contribution in [1.29, 1.82) is 0 Å². The van der Waals surface area contributed by atoms with Crippen molar-refractivity contribution >= 4 is 28.0 Å². The van der Waals surface area contributed by atoms with E-state index in [1.54, 1.807) is 22.0 Å². The number of aromatic nitrogens is 4. The molecule has 22 heavy (non-hydrogen) atoms. The highest BCUT2D eigenvalue weighted by molar-refractivity contribution is 7.13. The molecule has 6 heteroatoms. The van der Waals surface area contributed by atoms with E-state index < -0.39 is 0 Å². The fourth-order valence-electron chi connectivity index (χ4n) is 2.78. The van der Waals surface area contributed by atoms with Crippen LogP contribution in [0.3, 0.4) is 0 Å². The fraction of sp³-hybridized carbons (Fsp3) is 0.188. The van der Waals surface area contributed by atoms with Crippen molar-refractivity contribution in [3.8, 4) is 10.4 Å². The molecule has 0 atom stereocenters. The number of nitrogens with zero attached hydrogens (tertiary/aromatic N) is 3. The number of H-pyrrole nitrogens is 1. The Hall–Kier alpha value is -2.47. The van der Waals surface area contributed by atoms with Crippen LogP contribution in [0.25, 0.3) is 27.1 Å². The minimum atomic E-state index is -0.0917. The fourth-order valence-corrected chi connectivity index (χ4v) is 3.52.